The summed E-state index contributed by atoms with van der Waals surface area (Å²) >= 11 is 0. The van der Waals surface area contributed by atoms with Crippen LogP contribution in [-0.4, -0.2) is 6.04 Å². The highest BCUT2D eigenvalue weighted by atomic mass is 14.6. The van der Waals surface area contributed by atoms with Gasteiger partial charge in [-0.25, -0.2) is 0 Å². The molecule has 0 radical (unpaired) electrons. The Labute approximate surface area is 93.7 Å². The first-order valence-corrected chi connectivity index (χ1v) is 5.75. The monoisotopic (exact) mass is 205 g/mol. The van der Waals surface area contributed by atoms with Crippen LogP contribution in [0.3, 0.4) is 0 Å². The van der Waals surface area contributed by atoms with Gasteiger partial charge in [0.05, 0.1) is 0 Å². The molecule has 0 aliphatic carbocycles. The summed E-state index contributed by atoms with van der Waals surface area (Å²) in [4.78, 5) is 0. The number of aryl methyl sites for hydroxylation is 1. The van der Waals surface area contributed by atoms with Crippen LogP contribution in [0.5, 0.6) is 0 Å². The Bertz CT molecular complexity index is 307. The van der Waals surface area contributed by atoms with Gasteiger partial charge in [0, 0.05) is 6.04 Å². The Morgan fingerprint density at radius 3 is 2.33 bits per heavy atom. The van der Waals surface area contributed by atoms with Crippen LogP contribution in [0.25, 0.3) is 0 Å². The lowest BCUT2D eigenvalue weighted by atomic mass is 9.82. The summed E-state index contributed by atoms with van der Waals surface area (Å²) < 4.78 is 0. The van der Waals surface area contributed by atoms with E-state index in [1.807, 2.05) is 0 Å². The van der Waals surface area contributed by atoms with Gasteiger partial charge in [0.25, 0.3) is 0 Å². The van der Waals surface area contributed by atoms with Gasteiger partial charge in [0.2, 0.25) is 0 Å². The SMILES string of the molecule is C[C@H](N)CCc1ccccc1C(C)(C)C. The van der Waals surface area contributed by atoms with Crippen molar-refractivity contribution in [2.75, 3.05) is 0 Å². The van der Waals surface area contributed by atoms with Gasteiger partial charge in [-0.3, -0.25) is 0 Å². The summed E-state index contributed by atoms with van der Waals surface area (Å²) in [5.74, 6) is 0. The Kier molecular flexibility index (Phi) is 3.92. The standard InChI is InChI=1S/C14H23N/c1-11(15)9-10-12-7-5-6-8-13(12)14(2,3)4/h5-8,11H,9-10,15H2,1-4H3/t11-/m0/s1. The largest absolute Gasteiger partial charge is 0.328 e. The molecule has 1 aromatic rings. The van der Waals surface area contributed by atoms with Gasteiger partial charge in [-0.15, -0.1) is 0 Å². The highest BCUT2D eigenvalue weighted by Gasteiger charge is 2.16. The molecule has 1 rings (SSSR count). The number of hydrogen-bond acceptors (Lipinski definition) is 1. The molecule has 0 aromatic heterocycles. The minimum Gasteiger partial charge on any atom is -0.328 e. The number of nitrogens with two attached hydrogens (primary N) is 1. The third-order valence-corrected chi connectivity index (χ3v) is 2.69. The van der Waals surface area contributed by atoms with E-state index in [1.165, 1.54) is 11.1 Å². The Hall–Kier alpha value is -0.820. The van der Waals surface area contributed by atoms with Crippen molar-refractivity contribution in [2.24, 2.45) is 5.73 Å². The molecule has 0 spiro atoms. The van der Waals surface area contributed by atoms with Gasteiger partial charge in [-0.2, -0.15) is 0 Å². The lowest BCUT2D eigenvalue weighted by Crippen LogP contribution is -2.18. The predicted octanol–water partition coefficient (Wildman–Crippen LogP) is 3.26. The zero-order chi connectivity index (χ0) is 11.5. The van der Waals surface area contributed by atoms with Crippen LogP contribution in [0, 0.1) is 0 Å². The first-order chi connectivity index (χ1) is 6.91. The van der Waals surface area contributed by atoms with Crippen LogP contribution >= 0.6 is 0 Å². The molecule has 0 amide bonds. The fourth-order valence-corrected chi connectivity index (χ4v) is 1.85. The number of benzene rings is 1. The van der Waals surface area contributed by atoms with Crippen molar-refractivity contribution >= 4 is 0 Å². The Morgan fingerprint density at radius 1 is 1.20 bits per heavy atom. The van der Waals surface area contributed by atoms with Gasteiger partial charge >= 0.3 is 0 Å². The zero-order valence-corrected chi connectivity index (χ0v) is 10.4. The second kappa shape index (κ2) is 4.80. The van der Waals surface area contributed by atoms with E-state index in [1.54, 1.807) is 0 Å². The summed E-state index contributed by atoms with van der Waals surface area (Å²) in [6.07, 6.45) is 2.15. The molecular formula is C14H23N. The molecule has 1 nitrogen and oxygen atoms in total. The third kappa shape index (κ3) is 3.67. The summed E-state index contributed by atoms with van der Waals surface area (Å²) in [5, 5.41) is 0. The molecule has 0 heterocycles. The molecule has 0 saturated heterocycles. The van der Waals surface area contributed by atoms with E-state index in [2.05, 4.69) is 52.0 Å². The van der Waals surface area contributed by atoms with Crippen molar-refractivity contribution in [2.45, 2.75) is 52.0 Å². The van der Waals surface area contributed by atoms with Gasteiger partial charge in [0.15, 0.2) is 0 Å². The predicted molar refractivity (Wildman–Crippen MR) is 67.1 cm³/mol. The topological polar surface area (TPSA) is 26.0 Å². The molecule has 0 bridgehead atoms. The van der Waals surface area contributed by atoms with Crippen molar-refractivity contribution in [1.82, 2.24) is 0 Å². The first kappa shape index (κ1) is 12.3. The van der Waals surface area contributed by atoms with Crippen molar-refractivity contribution in [1.29, 1.82) is 0 Å². The highest BCUT2D eigenvalue weighted by Crippen LogP contribution is 2.26. The van der Waals surface area contributed by atoms with Gasteiger partial charge in [-0.05, 0) is 36.3 Å². The lowest BCUT2D eigenvalue weighted by Gasteiger charge is -2.23. The van der Waals surface area contributed by atoms with Crippen LogP contribution < -0.4 is 5.73 Å². The van der Waals surface area contributed by atoms with E-state index >= 15 is 0 Å². The number of hydrogen-bond donors (Lipinski definition) is 1. The summed E-state index contributed by atoms with van der Waals surface area (Å²) in [6.45, 7) is 8.85. The molecule has 1 atom stereocenters. The van der Waals surface area contributed by atoms with Gasteiger partial charge in [-0.1, -0.05) is 45.0 Å². The van der Waals surface area contributed by atoms with Gasteiger partial charge < -0.3 is 5.73 Å². The van der Waals surface area contributed by atoms with Crippen LogP contribution in [0.1, 0.15) is 45.2 Å². The average molecular weight is 205 g/mol. The molecule has 0 saturated carbocycles. The van der Waals surface area contributed by atoms with E-state index in [0.717, 1.165) is 12.8 Å². The average Bonchev–Trinajstić information content (AvgIpc) is 2.13. The van der Waals surface area contributed by atoms with E-state index in [4.69, 9.17) is 5.73 Å². The van der Waals surface area contributed by atoms with E-state index in [-0.39, 0.29) is 11.5 Å². The molecule has 15 heavy (non-hydrogen) atoms. The summed E-state index contributed by atoms with van der Waals surface area (Å²) in [7, 11) is 0. The smallest absolute Gasteiger partial charge is 0.00136 e. The summed E-state index contributed by atoms with van der Waals surface area (Å²) in [6, 6.07) is 8.99. The zero-order valence-electron chi connectivity index (χ0n) is 10.4. The Balaban J connectivity index is 2.87. The molecule has 84 valence electrons. The Morgan fingerprint density at radius 2 is 1.80 bits per heavy atom. The van der Waals surface area contributed by atoms with Crippen LogP contribution in [0.15, 0.2) is 24.3 Å². The van der Waals surface area contributed by atoms with E-state index < -0.39 is 0 Å². The molecule has 0 aliphatic heterocycles. The third-order valence-electron chi connectivity index (χ3n) is 2.69. The molecule has 0 unspecified atom stereocenters. The molecule has 1 heteroatoms. The fourth-order valence-electron chi connectivity index (χ4n) is 1.85. The molecule has 0 aliphatic rings. The van der Waals surface area contributed by atoms with Crippen LogP contribution in [0.4, 0.5) is 0 Å². The second-order valence-electron chi connectivity index (χ2n) is 5.42. The van der Waals surface area contributed by atoms with Gasteiger partial charge in [0.1, 0.15) is 0 Å². The maximum atomic E-state index is 5.80. The first-order valence-electron chi connectivity index (χ1n) is 5.75. The van der Waals surface area contributed by atoms with E-state index in [0.29, 0.717) is 0 Å². The minimum absolute atomic E-state index is 0.231. The highest BCUT2D eigenvalue weighted by molar-refractivity contribution is 5.32. The quantitative estimate of drug-likeness (QED) is 0.805. The van der Waals surface area contributed by atoms with E-state index in [9.17, 15) is 0 Å². The summed E-state index contributed by atoms with van der Waals surface area (Å²) in [5.41, 5.74) is 8.93. The maximum absolute atomic E-state index is 5.80. The minimum atomic E-state index is 0.231. The van der Waals surface area contributed by atoms with Crippen molar-refractivity contribution in [3.05, 3.63) is 35.4 Å². The van der Waals surface area contributed by atoms with Crippen molar-refractivity contribution in [3.63, 3.8) is 0 Å². The second-order valence-corrected chi connectivity index (χ2v) is 5.42. The fraction of sp³-hybridized carbons (Fsp3) is 0.571. The molecule has 2 N–H and O–H groups in total. The maximum Gasteiger partial charge on any atom is 0.00136 e. The lowest BCUT2D eigenvalue weighted by molar-refractivity contribution is 0.574. The van der Waals surface area contributed by atoms with Crippen molar-refractivity contribution < 1.29 is 0 Å². The normalized spacial score (nSPS) is 13.9. The van der Waals surface area contributed by atoms with Crippen molar-refractivity contribution in [3.8, 4) is 0 Å². The molecule has 1 aromatic carbocycles. The number of rotatable bonds is 3. The molecular weight excluding hydrogens is 182 g/mol. The molecule has 0 fully saturated rings. The van der Waals surface area contributed by atoms with Crippen LogP contribution in [0.2, 0.25) is 0 Å². The van der Waals surface area contributed by atoms with Crippen LogP contribution in [-0.2, 0) is 11.8 Å².